The Morgan fingerprint density at radius 2 is 1.80 bits per heavy atom. The number of hydrogen-bond acceptors (Lipinski definition) is 2. The van der Waals surface area contributed by atoms with Gasteiger partial charge in [-0.05, 0) is 11.4 Å². The molecule has 0 saturated carbocycles. The summed E-state index contributed by atoms with van der Waals surface area (Å²) in [5.41, 5.74) is 1.28. The molecule has 1 aromatic rings. The van der Waals surface area contributed by atoms with Crippen LogP contribution in [-0.2, 0) is 6.42 Å². The number of nitrogens with zero attached hydrogens (tertiary/aromatic N) is 1. The van der Waals surface area contributed by atoms with Gasteiger partial charge in [-0.1, -0.05) is 18.2 Å². The minimum absolute atomic E-state index is 0.854. The Labute approximate surface area is 96.0 Å². The van der Waals surface area contributed by atoms with Crippen molar-refractivity contribution >= 4 is 17.0 Å². The first-order valence-corrected chi connectivity index (χ1v) is 5.85. The van der Waals surface area contributed by atoms with E-state index in [9.17, 15) is 0 Å². The summed E-state index contributed by atoms with van der Waals surface area (Å²) in [4.78, 5) is 3.61. The number of thiophene rings is 1. The largest absolute Gasteiger partial charge is 0.363 e. The van der Waals surface area contributed by atoms with Crippen molar-refractivity contribution in [2.75, 3.05) is 18.0 Å². The van der Waals surface area contributed by atoms with Crippen LogP contribution in [0.3, 0.4) is 0 Å². The molecular weight excluding hydrogens is 202 g/mol. The first-order valence-electron chi connectivity index (χ1n) is 4.97. The summed E-state index contributed by atoms with van der Waals surface area (Å²) in [7, 11) is 0. The van der Waals surface area contributed by atoms with E-state index in [0.29, 0.717) is 0 Å². The van der Waals surface area contributed by atoms with Gasteiger partial charge in [0.05, 0.1) is 5.69 Å². The lowest BCUT2D eigenvalue weighted by Gasteiger charge is -2.21. The van der Waals surface area contributed by atoms with Gasteiger partial charge in [0.25, 0.3) is 0 Å². The molecule has 0 aliphatic heterocycles. The van der Waals surface area contributed by atoms with Crippen LogP contribution in [0.15, 0.2) is 49.4 Å². The molecule has 80 valence electrons. The zero-order valence-corrected chi connectivity index (χ0v) is 9.80. The Kier molecular flexibility index (Phi) is 4.91. The molecule has 1 rings (SSSR count). The third kappa shape index (κ3) is 3.10. The normalized spacial score (nSPS) is 9.60. The number of hydrogen-bond donors (Lipinski definition) is 0. The van der Waals surface area contributed by atoms with Crippen LogP contribution in [0.4, 0.5) is 5.69 Å². The Hall–Kier alpha value is -1.28. The lowest BCUT2D eigenvalue weighted by atomic mass is 10.2. The summed E-state index contributed by atoms with van der Waals surface area (Å²) in [6.07, 6.45) is 6.70. The van der Waals surface area contributed by atoms with Crippen molar-refractivity contribution in [1.29, 1.82) is 0 Å². The maximum absolute atomic E-state index is 3.78. The van der Waals surface area contributed by atoms with Gasteiger partial charge in [-0.25, -0.2) is 0 Å². The van der Waals surface area contributed by atoms with E-state index in [1.807, 2.05) is 18.2 Å². The summed E-state index contributed by atoms with van der Waals surface area (Å²) in [6, 6.07) is 2.15. The number of rotatable bonds is 7. The minimum Gasteiger partial charge on any atom is -0.363 e. The second-order valence-corrected chi connectivity index (χ2v) is 4.20. The molecule has 15 heavy (non-hydrogen) atoms. The highest BCUT2D eigenvalue weighted by Gasteiger charge is 2.08. The fourth-order valence-electron chi connectivity index (χ4n) is 1.48. The van der Waals surface area contributed by atoms with Crippen molar-refractivity contribution in [3.8, 4) is 0 Å². The van der Waals surface area contributed by atoms with Gasteiger partial charge in [0, 0.05) is 24.4 Å². The Balaban J connectivity index is 2.87. The van der Waals surface area contributed by atoms with Gasteiger partial charge in [0.15, 0.2) is 0 Å². The average Bonchev–Trinajstić information content (AvgIpc) is 2.66. The summed E-state index contributed by atoms with van der Waals surface area (Å²) in [5.74, 6) is 0. The number of allylic oxidation sites excluding steroid dienone is 1. The summed E-state index contributed by atoms with van der Waals surface area (Å²) < 4.78 is 0. The molecule has 0 unspecified atom stereocenters. The molecule has 0 fully saturated rings. The monoisotopic (exact) mass is 219 g/mol. The molecule has 1 heterocycles. The quantitative estimate of drug-likeness (QED) is 0.633. The van der Waals surface area contributed by atoms with Crippen molar-refractivity contribution in [1.82, 2.24) is 0 Å². The second kappa shape index (κ2) is 6.25. The third-order valence-electron chi connectivity index (χ3n) is 2.09. The van der Waals surface area contributed by atoms with Crippen LogP contribution in [0.25, 0.3) is 0 Å². The molecule has 0 saturated heterocycles. The SMILES string of the molecule is C=CCc1sccc1N(CC=C)CC=C. The molecule has 0 aliphatic rings. The molecule has 0 radical (unpaired) electrons. The van der Waals surface area contributed by atoms with E-state index >= 15 is 0 Å². The van der Waals surface area contributed by atoms with Crippen molar-refractivity contribution in [3.05, 3.63) is 54.3 Å². The maximum Gasteiger partial charge on any atom is 0.0516 e. The van der Waals surface area contributed by atoms with Crippen LogP contribution in [0.1, 0.15) is 4.88 Å². The Morgan fingerprint density at radius 1 is 1.13 bits per heavy atom. The predicted molar refractivity (Wildman–Crippen MR) is 70.8 cm³/mol. The zero-order chi connectivity index (χ0) is 11.1. The Morgan fingerprint density at radius 3 is 2.33 bits per heavy atom. The van der Waals surface area contributed by atoms with Gasteiger partial charge in [-0.2, -0.15) is 0 Å². The van der Waals surface area contributed by atoms with Crippen LogP contribution < -0.4 is 4.90 Å². The molecule has 0 bridgehead atoms. The first kappa shape index (κ1) is 11.8. The standard InChI is InChI=1S/C13H17NS/c1-4-7-13-12(8-11-15-13)14(9-5-2)10-6-3/h4-6,8,11H,1-3,7,9-10H2. The van der Waals surface area contributed by atoms with Gasteiger partial charge in [0.1, 0.15) is 0 Å². The Bertz CT molecular complexity index is 328. The van der Waals surface area contributed by atoms with Crippen LogP contribution in [0.2, 0.25) is 0 Å². The summed E-state index contributed by atoms with van der Waals surface area (Å²) in [6.45, 7) is 13.0. The van der Waals surface area contributed by atoms with Crippen LogP contribution in [0.5, 0.6) is 0 Å². The molecule has 2 heteroatoms. The molecule has 1 nitrogen and oxygen atoms in total. The third-order valence-corrected chi connectivity index (χ3v) is 3.02. The highest BCUT2D eigenvalue weighted by molar-refractivity contribution is 7.10. The molecule has 0 atom stereocenters. The van der Waals surface area contributed by atoms with Gasteiger partial charge in [0.2, 0.25) is 0 Å². The average molecular weight is 219 g/mol. The van der Waals surface area contributed by atoms with Gasteiger partial charge >= 0.3 is 0 Å². The predicted octanol–water partition coefficient (Wildman–Crippen LogP) is 3.66. The minimum atomic E-state index is 0.854. The molecule has 0 aliphatic carbocycles. The number of anilines is 1. The van der Waals surface area contributed by atoms with E-state index in [4.69, 9.17) is 0 Å². The summed E-state index contributed by atoms with van der Waals surface area (Å²) >= 11 is 1.77. The molecular formula is C13H17NS. The topological polar surface area (TPSA) is 3.24 Å². The molecule has 0 spiro atoms. The molecule has 1 aromatic heterocycles. The highest BCUT2D eigenvalue weighted by Crippen LogP contribution is 2.27. The lowest BCUT2D eigenvalue weighted by Crippen LogP contribution is -2.23. The fourth-order valence-corrected chi connectivity index (χ4v) is 2.38. The van der Waals surface area contributed by atoms with Crippen LogP contribution in [-0.4, -0.2) is 13.1 Å². The van der Waals surface area contributed by atoms with E-state index in [2.05, 4.69) is 36.1 Å². The van der Waals surface area contributed by atoms with Crippen molar-refractivity contribution in [2.24, 2.45) is 0 Å². The van der Waals surface area contributed by atoms with E-state index in [0.717, 1.165) is 19.5 Å². The fraction of sp³-hybridized carbons (Fsp3) is 0.231. The lowest BCUT2D eigenvalue weighted by molar-refractivity contribution is 0.951. The van der Waals surface area contributed by atoms with Crippen molar-refractivity contribution in [3.63, 3.8) is 0 Å². The molecule has 0 amide bonds. The van der Waals surface area contributed by atoms with Crippen LogP contribution >= 0.6 is 11.3 Å². The van der Waals surface area contributed by atoms with E-state index in [1.54, 1.807) is 11.3 Å². The van der Waals surface area contributed by atoms with Crippen LogP contribution in [0, 0.1) is 0 Å². The van der Waals surface area contributed by atoms with E-state index < -0.39 is 0 Å². The summed E-state index contributed by atoms with van der Waals surface area (Å²) in [5, 5.41) is 2.12. The van der Waals surface area contributed by atoms with Gasteiger partial charge in [-0.3, -0.25) is 0 Å². The van der Waals surface area contributed by atoms with Crippen molar-refractivity contribution < 1.29 is 0 Å². The van der Waals surface area contributed by atoms with Gasteiger partial charge < -0.3 is 4.90 Å². The smallest absolute Gasteiger partial charge is 0.0516 e. The molecule has 0 aromatic carbocycles. The maximum atomic E-state index is 3.78. The highest BCUT2D eigenvalue weighted by atomic mass is 32.1. The van der Waals surface area contributed by atoms with E-state index in [-0.39, 0.29) is 0 Å². The van der Waals surface area contributed by atoms with E-state index in [1.165, 1.54) is 10.6 Å². The zero-order valence-electron chi connectivity index (χ0n) is 8.98. The van der Waals surface area contributed by atoms with Gasteiger partial charge in [-0.15, -0.1) is 31.1 Å². The molecule has 0 N–H and O–H groups in total. The van der Waals surface area contributed by atoms with Crippen molar-refractivity contribution in [2.45, 2.75) is 6.42 Å². The second-order valence-electron chi connectivity index (χ2n) is 3.20. The first-order chi connectivity index (χ1) is 7.33.